The van der Waals surface area contributed by atoms with Crippen LogP contribution in [0.1, 0.15) is 25.7 Å². The minimum Gasteiger partial charge on any atom is -0.476 e. The lowest BCUT2D eigenvalue weighted by Crippen LogP contribution is -2.50. The van der Waals surface area contributed by atoms with E-state index in [4.69, 9.17) is 4.74 Å². The lowest BCUT2D eigenvalue weighted by atomic mass is 10.1. The fourth-order valence-corrected chi connectivity index (χ4v) is 4.38. The lowest BCUT2D eigenvalue weighted by molar-refractivity contribution is -0.127. The van der Waals surface area contributed by atoms with Crippen molar-refractivity contribution in [2.24, 2.45) is 0 Å². The van der Waals surface area contributed by atoms with Crippen LogP contribution in [-0.2, 0) is 14.8 Å². The van der Waals surface area contributed by atoms with E-state index in [2.05, 4.69) is 10.2 Å². The van der Waals surface area contributed by atoms with Gasteiger partial charge in [0.15, 0.2) is 6.10 Å². The number of hydrogen-bond donors (Lipinski definition) is 1. The van der Waals surface area contributed by atoms with E-state index in [0.717, 1.165) is 32.3 Å². The first-order valence-electron chi connectivity index (χ1n) is 9.18. The predicted octanol–water partition coefficient (Wildman–Crippen LogP) is 1.21. The molecule has 2 aliphatic heterocycles. The summed E-state index contributed by atoms with van der Waals surface area (Å²) in [7, 11) is -3.48. The molecule has 144 valence electrons. The van der Waals surface area contributed by atoms with Gasteiger partial charge in [-0.15, -0.1) is 0 Å². The highest BCUT2D eigenvalue weighted by Crippen LogP contribution is 2.34. The van der Waals surface area contributed by atoms with Crippen molar-refractivity contribution in [3.63, 3.8) is 0 Å². The molecule has 1 aromatic carbocycles. The third-order valence-corrected chi connectivity index (χ3v) is 5.97. The van der Waals surface area contributed by atoms with Crippen LogP contribution in [0.4, 0.5) is 5.69 Å². The number of ether oxygens (including phenoxy) is 1. The number of benzene rings is 1. The van der Waals surface area contributed by atoms with E-state index >= 15 is 0 Å². The highest BCUT2D eigenvalue weighted by Gasteiger charge is 2.34. The Morgan fingerprint density at radius 2 is 1.96 bits per heavy atom. The highest BCUT2D eigenvalue weighted by atomic mass is 32.2. The van der Waals surface area contributed by atoms with Crippen LogP contribution >= 0.6 is 0 Å². The molecule has 1 atom stereocenters. The average molecular weight is 381 g/mol. The molecule has 0 aromatic heterocycles. The Hall–Kier alpha value is -1.80. The normalized spacial score (nSPS) is 21.0. The number of carbonyl (C=O) groups excluding carboxylic acids is 1. The van der Waals surface area contributed by atoms with E-state index in [-0.39, 0.29) is 12.5 Å². The Balaban J connectivity index is 1.54. The molecule has 0 bridgehead atoms. The molecule has 2 heterocycles. The number of nitrogens with zero attached hydrogens (tertiary/aromatic N) is 2. The average Bonchev–Trinajstić information content (AvgIpc) is 2.64. The van der Waals surface area contributed by atoms with E-state index in [9.17, 15) is 13.2 Å². The molecule has 2 aliphatic rings. The number of sulfonamides is 1. The number of anilines is 1. The number of amides is 1. The molecule has 3 rings (SSSR count). The van der Waals surface area contributed by atoms with Crippen LogP contribution in [0.2, 0.25) is 0 Å². The summed E-state index contributed by atoms with van der Waals surface area (Å²) in [6, 6.07) is 6.88. The van der Waals surface area contributed by atoms with E-state index in [1.165, 1.54) is 23.6 Å². The van der Waals surface area contributed by atoms with Gasteiger partial charge in [-0.2, -0.15) is 0 Å². The molecule has 8 heteroatoms. The van der Waals surface area contributed by atoms with Gasteiger partial charge in [-0.25, -0.2) is 8.42 Å². The topological polar surface area (TPSA) is 79.0 Å². The Morgan fingerprint density at radius 3 is 2.69 bits per heavy atom. The maximum absolute atomic E-state index is 12.5. The van der Waals surface area contributed by atoms with Gasteiger partial charge in [0, 0.05) is 6.54 Å². The summed E-state index contributed by atoms with van der Waals surface area (Å²) in [6.45, 7) is 3.81. The Bertz CT molecular complexity index is 732. The lowest BCUT2D eigenvalue weighted by Gasteiger charge is -2.33. The second-order valence-electron chi connectivity index (χ2n) is 6.92. The molecule has 1 amide bonds. The van der Waals surface area contributed by atoms with Gasteiger partial charge in [0.2, 0.25) is 10.0 Å². The van der Waals surface area contributed by atoms with Gasteiger partial charge in [-0.3, -0.25) is 9.10 Å². The molecule has 0 aliphatic carbocycles. The molecule has 26 heavy (non-hydrogen) atoms. The van der Waals surface area contributed by atoms with E-state index in [1.54, 1.807) is 24.3 Å². The van der Waals surface area contributed by atoms with Gasteiger partial charge in [-0.05, 0) is 51.0 Å². The van der Waals surface area contributed by atoms with Crippen LogP contribution in [0.5, 0.6) is 5.75 Å². The zero-order valence-electron chi connectivity index (χ0n) is 15.2. The molecule has 1 N–H and O–H groups in total. The van der Waals surface area contributed by atoms with Crippen LogP contribution in [0, 0.1) is 0 Å². The van der Waals surface area contributed by atoms with Gasteiger partial charge in [0.05, 0.1) is 18.5 Å². The van der Waals surface area contributed by atoms with Gasteiger partial charge in [-0.1, -0.05) is 18.6 Å². The molecule has 0 unspecified atom stereocenters. The molecule has 0 radical (unpaired) electrons. The number of likely N-dealkylation sites (tertiary alicyclic amines) is 1. The summed E-state index contributed by atoms with van der Waals surface area (Å²) in [5, 5.41) is 2.88. The Morgan fingerprint density at radius 1 is 1.23 bits per heavy atom. The second kappa shape index (κ2) is 8.26. The minimum absolute atomic E-state index is 0.00615. The standard InChI is InChI=1S/C18H27N3O4S/c1-26(23,24)21-14-17(25-16-9-4-3-8-15(16)21)18(22)19-10-7-13-20-11-5-2-6-12-20/h3-4,8-9,17H,2,5-7,10-14H2,1H3,(H,19,22)/t17-/m0/s1. The first kappa shape index (κ1) is 19.0. The van der Waals surface area contributed by atoms with Crippen LogP contribution in [0.25, 0.3) is 0 Å². The van der Waals surface area contributed by atoms with E-state index in [0.29, 0.717) is 18.0 Å². The van der Waals surface area contributed by atoms with Crippen molar-refractivity contribution in [2.75, 3.05) is 43.3 Å². The fraction of sp³-hybridized carbons (Fsp3) is 0.611. The van der Waals surface area contributed by atoms with Crippen LogP contribution in [0.15, 0.2) is 24.3 Å². The van der Waals surface area contributed by atoms with Gasteiger partial charge in [0.1, 0.15) is 5.75 Å². The largest absolute Gasteiger partial charge is 0.476 e. The van der Waals surface area contributed by atoms with Crippen LogP contribution in [0.3, 0.4) is 0 Å². The number of nitrogens with one attached hydrogen (secondary N) is 1. The van der Waals surface area contributed by atoms with Crippen molar-refractivity contribution in [1.82, 2.24) is 10.2 Å². The second-order valence-corrected chi connectivity index (χ2v) is 8.82. The molecular formula is C18H27N3O4S. The van der Waals surface area contributed by atoms with Crippen molar-refractivity contribution >= 4 is 21.6 Å². The Kier molecular flexibility index (Phi) is 6.03. The zero-order chi connectivity index (χ0) is 18.6. The third-order valence-electron chi connectivity index (χ3n) is 4.83. The number of para-hydroxylation sites is 2. The summed E-state index contributed by atoms with van der Waals surface area (Å²) < 4.78 is 31.1. The first-order chi connectivity index (χ1) is 12.4. The first-order valence-corrected chi connectivity index (χ1v) is 11.0. The monoisotopic (exact) mass is 381 g/mol. The van der Waals surface area contributed by atoms with E-state index in [1.807, 2.05) is 0 Å². The fourth-order valence-electron chi connectivity index (χ4n) is 3.46. The van der Waals surface area contributed by atoms with Crippen molar-refractivity contribution < 1.29 is 17.9 Å². The SMILES string of the molecule is CS(=O)(=O)N1C[C@@H](C(=O)NCCCN2CCCCC2)Oc2ccccc21. The summed E-state index contributed by atoms with van der Waals surface area (Å²) in [5.41, 5.74) is 0.476. The molecule has 1 saturated heterocycles. The molecule has 0 spiro atoms. The van der Waals surface area contributed by atoms with Crippen molar-refractivity contribution in [3.8, 4) is 5.75 Å². The van der Waals surface area contributed by atoms with E-state index < -0.39 is 16.1 Å². The Labute approximate surface area is 155 Å². The molecule has 1 fully saturated rings. The van der Waals surface area contributed by atoms with Crippen molar-refractivity contribution in [3.05, 3.63) is 24.3 Å². The summed E-state index contributed by atoms with van der Waals surface area (Å²) in [6.07, 6.45) is 5.00. The maximum atomic E-state index is 12.5. The quantitative estimate of drug-likeness (QED) is 0.750. The maximum Gasteiger partial charge on any atom is 0.263 e. The zero-order valence-corrected chi connectivity index (χ0v) is 16.0. The number of carbonyl (C=O) groups is 1. The third kappa shape index (κ3) is 4.67. The number of hydrogen-bond acceptors (Lipinski definition) is 5. The van der Waals surface area contributed by atoms with Gasteiger partial charge in [0.25, 0.3) is 5.91 Å². The minimum atomic E-state index is -3.48. The van der Waals surface area contributed by atoms with Crippen molar-refractivity contribution in [1.29, 1.82) is 0 Å². The smallest absolute Gasteiger partial charge is 0.263 e. The summed E-state index contributed by atoms with van der Waals surface area (Å²) >= 11 is 0. The highest BCUT2D eigenvalue weighted by molar-refractivity contribution is 7.92. The molecule has 0 saturated carbocycles. The molecule has 7 nitrogen and oxygen atoms in total. The van der Waals surface area contributed by atoms with Gasteiger partial charge >= 0.3 is 0 Å². The van der Waals surface area contributed by atoms with Crippen LogP contribution in [-0.4, -0.2) is 64.3 Å². The van der Waals surface area contributed by atoms with Crippen LogP contribution < -0.4 is 14.4 Å². The molecule has 1 aromatic rings. The number of rotatable bonds is 6. The van der Waals surface area contributed by atoms with Gasteiger partial charge < -0.3 is 15.0 Å². The summed E-state index contributed by atoms with van der Waals surface area (Å²) in [5.74, 6) is 0.143. The number of piperidine rings is 1. The predicted molar refractivity (Wildman–Crippen MR) is 101 cm³/mol. The molecular weight excluding hydrogens is 354 g/mol. The van der Waals surface area contributed by atoms with Crippen molar-refractivity contribution in [2.45, 2.75) is 31.8 Å². The summed E-state index contributed by atoms with van der Waals surface area (Å²) in [4.78, 5) is 14.9. The number of fused-ring (bicyclic) bond motifs is 1.